The van der Waals surface area contributed by atoms with E-state index >= 15 is 0 Å². The molecule has 5 nitrogen and oxygen atoms in total. The second-order valence-electron chi connectivity index (χ2n) is 5.26. The Morgan fingerprint density at radius 2 is 2.20 bits per heavy atom. The maximum atomic E-state index is 11.9. The van der Waals surface area contributed by atoms with Gasteiger partial charge in [-0.05, 0) is 39.8 Å². The minimum Gasteiger partial charge on any atom is -0.444 e. The molecular weight excluding hydrogens is 324 g/mol. The van der Waals surface area contributed by atoms with Gasteiger partial charge in [0.05, 0.1) is 18.3 Å². The Morgan fingerprint density at radius 3 is 2.75 bits per heavy atom. The molecule has 0 saturated carbocycles. The number of ether oxygens (including phenoxy) is 2. The summed E-state index contributed by atoms with van der Waals surface area (Å²) in [5, 5.41) is 2.78. The number of carbonyl (C=O) groups excluding carboxylic acids is 1. The van der Waals surface area contributed by atoms with E-state index in [1.54, 1.807) is 6.20 Å². The molecule has 0 aliphatic heterocycles. The van der Waals surface area contributed by atoms with Crippen LogP contribution >= 0.6 is 15.9 Å². The van der Waals surface area contributed by atoms with Crippen molar-refractivity contribution >= 4 is 22.0 Å². The summed E-state index contributed by atoms with van der Waals surface area (Å²) in [5.74, 6) is 0. The Hall–Kier alpha value is -1.14. The molecule has 1 amide bonds. The lowest BCUT2D eigenvalue weighted by Crippen LogP contribution is -2.37. The number of halogens is 1. The van der Waals surface area contributed by atoms with Crippen molar-refractivity contribution in [3.63, 3.8) is 0 Å². The first-order chi connectivity index (χ1) is 9.31. The fourth-order valence-electron chi connectivity index (χ4n) is 1.50. The normalized spacial score (nSPS) is 12.8. The summed E-state index contributed by atoms with van der Waals surface area (Å²) in [7, 11) is 0. The Balaban J connectivity index is 2.77. The molecule has 0 aliphatic carbocycles. The van der Waals surface area contributed by atoms with Crippen LogP contribution in [0.1, 0.15) is 39.4 Å². The molecule has 0 radical (unpaired) electrons. The van der Waals surface area contributed by atoms with Gasteiger partial charge in [-0.25, -0.2) is 4.79 Å². The number of alkyl carbamates (subject to hydrolysis) is 1. The highest BCUT2D eigenvalue weighted by atomic mass is 79.9. The van der Waals surface area contributed by atoms with Crippen molar-refractivity contribution in [2.24, 2.45) is 0 Å². The van der Waals surface area contributed by atoms with Gasteiger partial charge in [-0.1, -0.05) is 15.9 Å². The number of nitrogens with zero attached hydrogens (tertiary/aromatic N) is 1. The SMILES string of the molecule is CCOCC(NC(=O)OC(C)(C)C)c1cc(Br)ccn1. The van der Waals surface area contributed by atoms with E-state index in [0.717, 1.165) is 10.2 Å². The molecule has 1 aromatic rings. The van der Waals surface area contributed by atoms with Gasteiger partial charge in [0.25, 0.3) is 0 Å². The first kappa shape index (κ1) is 16.9. The molecule has 0 spiro atoms. The van der Waals surface area contributed by atoms with Gasteiger partial charge in [0.1, 0.15) is 5.60 Å². The lowest BCUT2D eigenvalue weighted by atomic mass is 10.2. The van der Waals surface area contributed by atoms with Crippen LogP contribution in [0, 0.1) is 0 Å². The monoisotopic (exact) mass is 344 g/mol. The quantitative estimate of drug-likeness (QED) is 0.888. The number of carbonyl (C=O) groups is 1. The Morgan fingerprint density at radius 1 is 1.50 bits per heavy atom. The third kappa shape index (κ3) is 6.34. The van der Waals surface area contributed by atoms with Gasteiger partial charge in [0.15, 0.2) is 0 Å². The van der Waals surface area contributed by atoms with Crippen LogP contribution in [-0.4, -0.2) is 29.9 Å². The lowest BCUT2D eigenvalue weighted by Gasteiger charge is -2.23. The van der Waals surface area contributed by atoms with Crippen molar-refractivity contribution in [1.29, 1.82) is 0 Å². The minimum atomic E-state index is -0.537. The fraction of sp³-hybridized carbons (Fsp3) is 0.571. The summed E-state index contributed by atoms with van der Waals surface area (Å²) >= 11 is 3.39. The Bertz CT molecular complexity index is 446. The molecule has 1 N–H and O–H groups in total. The zero-order valence-corrected chi connectivity index (χ0v) is 13.9. The summed E-state index contributed by atoms with van der Waals surface area (Å²) in [5.41, 5.74) is 0.184. The predicted molar refractivity (Wildman–Crippen MR) is 80.5 cm³/mol. The van der Waals surface area contributed by atoms with Gasteiger partial charge in [0, 0.05) is 17.3 Å². The molecule has 6 heteroatoms. The van der Waals surface area contributed by atoms with E-state index < -0.39 is 11.7 Å². The highest BCUT2D eigenvalue weighted by molar-refractivity contribution is 9.10. The molecular formula is C14H21BrN2O3. The predicted octanol–water partition coefficient (Wildman–Crippen LogP) is 3.45. The second kappa shape index (κ2) is 7.59. The van der Waals surface area contributed by atoms with Crippen molar-refractivity contribution in [2.45, 2.75) is 39.3 Å². The summed E-state index contributed by atoms with van der Waals surface area (Å²) in [6.45, 7) is 8.28. The first-order valence-electron chi connectivity index (χ1n) is 6.50. The molecule has 20 heavy (non-hydrogen) atoms. The average Bonchev–Trinajstić information content (AvgIpc) is 2.32. The van der Waals surface area contributed by atoms with Crippen molar-refractivity contribution in [3.05, 3.63) is 28.5 Å². The van der Waals surface area contributed by atoms with E-state index in [1.807, 2.05) is 39.8 Å². The largest absolute Gasteiger partial charge is 0.444 e. The van der Waals surface area contributed by atoms with Gasteiger partial charge in [-0.3, -0.25) is 4.98 Å². The number of hydrogen-bond acceptors (Lipinski definition) is 4. The minimum absolute atomic E-state index is 0.345. The Kier molecular flexibility index (Phi) is 6.42. The molecule has 112 valence electrons. The van der Waals surface area contributed by atoms with Crippen LogP contribution in [0.2, 0.25) is 0 Å². The number of nitrogens with one attached hydrogen (secondary N) is 1. The molecule has 1 unspecified atom stereocenters. The summed E-state index contributed by atoms with van der Waals surface area (Å²) < 4.78 is 11.5. The van der Waals surface area contributed by atoms with E-state index in [0.29, 0.717) is 13.2 Å². The summed E-state index contributed by atoms with van der Waals surface area (Å²) in [6, 6.07) is 3.33. The molecule has 0 saturated heterocycles. The maximum absolute atomic E-state index is 11.9. The molecule has 1 heterocycles. The van der Waals surface area contributed by atoms with Crippen molar-refractivity contribution in [3.8, 4) is 0 Å². The standard InChI is InChI=1S/C14H21BrN2O3/c1-5-19-9-12(11-8-10(15)6-7-16-11)17-13(18)20-14(2,3)4/h6-8,12H,5,9H2,1-4H3,(H,17,18). The number of rotatable bonds is 5. The summed E-state index contributed by atoms with van der Waals surface area (Å²) in [4.78, 5) is 16.1. The average molecular weight is 345 g/mol. The Labute approximate surface area is 128 Å². The van der Waals surface area contributed by atoms with Crippen molar-refractivity contribution < 1.29 is 14.3 Å². The van der Waals surface area contributed by atoms with E-state index in [4.69, 9.17) is 9.47 Å². The van der Waals surface area contributed by atoms with Gasteiger partial charge < -0.3 is 14.8 Å². The van der Waals surface area contributed by atoms with Gasteiger partial charge in [0.2, 0.25) is 0 Å². The lowest BCUT2D eigenvalue weighted by molar-refractivity contribution is 0.0445. The van der Waals surface area contributed by atoms with Crippen LogP contribution in [0.5, 0.6) is 0 Å². The summed E-state index contributed by atoms with van der Waals surface area (Å²) in [6.07, 6.45) is 1.19. The van der Waals surface area contributed by atoms with Crippen LogP contribution in [0.3, 0.4) is 0 Å². The van der Waals surface area contributed by atoms with Gasteiger partial charge >= 0.3 is 6.09 Å². The van der Waals surface area contributed by atoms with Gasteiger partial charge in [-0.2, -0.15) is 0 Å². The maximum Gasteiger partial charge on any atom is 0.408 e. The molecule has 1 aromatic heterocycles. The molecule has 0 aliphatic rings. The smallest absolute Gasteiger partial charge is 0.408 e. The second-order valence-corrected chi connectivity index (χ2v) is 6.17. The van der Waals surface area contributed by atoms with E-state index in [1.165, 1.54) is 0 Å². The number of pyridine rings is 1. The molecule has 0 bridgehead atoms. The van der Waals surface area contributed by atoms with Crippen LogP contribution in [0.4, 0.5) is 4.79 Å². The molecule has 0 aromatic carbocycles. The number of hydrogen-bond donors (Lipinski definition) is 1. The van der Waals surface area contributed by atoms with E-state index in [2.05, 4.69) is 26.2 Å². The number of aromatic nitrogens is 1. The van der Waals surface area contributed by atoms with Crippen LogP contribution in [0.25, 0.3) is 0 Å². The van der Waals surface area contributed by atoms with Crippen LogP contribution in [0.15, 0.2) is 22.8 Å². The fourth-order valence-corrected chi connectivity index (χ4v) is 1.85. The third-order valence-corrected chi connectivity index (χ3v) is 2.77. The van der Waals surface area contributed by atoms with Crippen LogP contribution < -0.4 is 5.32 Å². The van der Waals surface area contributed by atoms with Crippen molar-refractivity contribution in [1.82, 2.24) is 10.3 Å². The van der Waals surface area contributed by atoms with E-state index in [9.17, 15) is 4.79 Å². The zero-order chi connectivity index (χ0) is 15.2. The van der Waals surface area contributed by atoms with E-state index in [-0.39, 0.29) is 6.04 Å². The molecule has 1 rings (SSSR count). The van der Waals surface area contributed by atoms with Gasteiger partial charge in [-0.15, -0.1) is 0 Å². The molecule has 0 fully saturated rings. The zero-order valence-electron chi connectivity index (χ0n) is 12.3. The highest BCUT2D eigenvalue weighted by Crippen LogP contribution is 2.17. The third-order valence-electron chi connectivity index (χ3n) is 2.28. The van der Waals surface area contributed by atoms with Crippen molar-refractivity contribution in [2.75, 3.05) is 13.2 Å². The van der Waals surface area contributed by atoms with Crippen LogP contribution in [-0.2, 0) is 9.47 Å². The number of amides is 1. The topological polar surface area (TPSA) is 60.5 Å². The highest BCUT2D eigenvalue weighted by Gasteiger charge is 2.21. The molecule has 1 atom stereocenters. The first-order valence-corrected chi connectivity index (χ1v) is 7.30.